The first-order chi connectivity index (χ1) is 9.10. The maximum Gasteiger partial charge on any atom is 0.0587 e. The highest BCUT2D eigenvalue weighted by Gasteiger charge is 2.11. The fourth-order valence-electron chi connectivity index (χ4n) is 1.86. The van der Waals surface area contributed by atoms with Gasteiger partial charge in [0.1, 0.15) is 0 Å². The van der Waals surface area contributed by atoms with Crippen LogP contribution in [0.4, 0.5) is 5.69 Å². The Balaban J connectivity index is 2.63. The van der Waals surface area contributed by atoms with Gasteiger partial charge in [0.05, 0.1) is 12.3 Å². The van der Waals surface area contributed by atoms with Crippen molar-refractivity contribution in [3.8, 4) is 0 Å². The van der Waals surface area contributed by atoms with Gasteiger partial charge < -0.3 is 15.0 Å². The molecule has 1 rings (SSSR count). The molecular weight excluding hydrogens is 304 g/mol. The van der Waals surface area contributed by atoms with Crippen LogP contribution in [0.2, 0.25) is 0 Å². The number of nitrogens with zero attached hydrogens (tertiary/aromatic N) is 1. The minimum Gasteiger partial charge on any atom is -0.383 e. The molecule has 0 saturated carbocycles. The molecule has 1 unspecified atom stereocenters. The third kappa shape index (κ3) is 5.13. The van der Waals surface area contributed by atoms with Gasteiger partial charge in [-0.2, -0.15) is 0 Å². The fraction of sp³-hybridized carbons (Fsp3) is 0.600. The molecule has 0 amide bonds. The van der Waals surface area contributed by atoms with Crippen molar-refractivity contribution >= 4 is 21.6 Å². The zero-order valence-corrected chi connectivity index (χ0v) is 14.0. The highest BCUT2D eigenvalue weighted by Crippen LogP contribution is 2.28. The van der Waals surface area contributed by atoms with Crippen LogP contribution in [-0.2, 0) is 11.3 Å². The SMILES string of the molecule is CCC(C)N(C)c1ccc(CNCCOC)cc1Br. The molecule has 0 heterocycles. The normalized spacial score (nSPS) is 12.5. The lowest BCUT2D eigenvalue weighted by Gasteiger charge is -2.27. The van der Waals surface area contributed by atoms with Crippen molar-refractivity contribution < 1.29 is 4.74 Å². The molecule has 4 heteroatoms. The van der Waals surface area contributed by atoms with Crippen LogP contribution in [-0.4, -0.2) is 33.4 Å². The molecule has 3 nitrogen and oxygen atoms in total. The number of rotatable bonds is 8. The van der Waals surface area contributed by atoms with Crippen molar-refractivity contribution in [2.75, 3.05) is 32.2 Å². The number of methoxy groups -OCH3 is 1. The predicted molar refractivity (Wildman–Crippen MR) is 85.9 cm³/mol. The van der Waals surface area contributed by atoms with Gasteiger partial charge >= 0.3 is 0 Å². The molecular formula is C15H25BrN2O. The number of anilines is 1. The molecule has 1 aromatic carbocycles. The summed E-state index contributed by atoms with van der Waals surface area (Å²) in [6.07, 6.45) is 1.14. The minimum atomic E-state index is 0.543. The summed E-state index contributed by atoms with van der Waals surface area (Å²) in [5.74, 6) is 0. The molecule has 0 aromatic heterocycles. The summed E-state index contributed by atoms with van der Waals surface area (Å²) in [6, 6.07) is 7.10. The van der Waals surface area contributed by atoms with Crippen molar-refractivity contribution in [2.45, 2.75) is 32.9 Å². The molecule has 0 spiro atoms. The van der Waals surface area contributed by atoms with E-state index < -0.39 is 0 Å². The first-order valence-corrected chi connectivity index (χ1v) is 7.60. The molecule has 0 fully saturated rings. The average molecular weight is 329 g/mol. The van der Waals surface area contributed by atoms with E-state index in [0.29, 0.717) is 6.04 Å². The number of benzene rings is 1. The van der Waals surface area contributed by atoms with Crippen molar-refractivity contribution in [1.82, 2.24) is 5.32 Å². The maximum absolute atomic E-state index is 5.01. The Labute approximate surface area is 125 Å². The lowest BCUT2D eigenvalue weighted by Crippen LogP contribution is -2.28. The van der Waals surface area contributed by atoms with E-state index in [1.165, 1.54) is 11.3 Å². The Morgan fingerprint density at radius 1 is 1.42 bits per heavy atom. The molecule has 0 aliphatic rings. The molecule has 19 heavy (non-hydrogen) atoms. The second kappa shape index (κ2) is 8.56. The molecule has 1 N–H and O–H groups in total. The minimum absolute atomic E-state index is 0.543. The summed E-state index contributed by atoms with van der Waals surface area (Å²) in [6.45, 7) is 6.95. The van der Waals surface area contributed by atoms with E-state index in [1.807, 2.05) is 0 Å². The number of ether oxygens (including phenoxy) is 1. The van der Waals surface area contributed by atoms with Gasteiger partial charge in [-0.15, -0.1) is 0 Å². The van der Waals surface area contributed by atoms with Crippen molar-refractivity contribution in [2.24, 2.45) is 0 Å². The van der Waals surface area contributed by atoms with Crippen LogP contribution in [0.1, 0.15) is 25.8 Å². The van der Waals surface area contributed by atoms with Crippen LogP contribution in [0.3, 0.4) is 0 Å². The van der Waals surface area contributed by atoms with Gasteiger partial charge in [0.25, 0.3) is 0 Å². The van der Waals surface area contributed by atoms with Crippen molar-refractivity contribution in [3.63, 3.8) is 0 Å². The summed E-state index contributed by atoms with van der Waals surface area (Å²) < 4.78 is 6.17. The molecule has 1 atom stereocenters. The standard InChI is InChI=1S/C15H25BrN2O/c1-5-12(2)18(3)15-7-6-13(10-14(15)16)11-17-8-9-19-4/h6-7,10,12,17H,5,8-9,11H2,1-4H3. The fourth-order valence-corrected chi connectivity index (χ4v) is 2.57. The summed E-state index contributed by atoms with van der Waals surface area (Å²) in [4.78, 5) is 2.31. The Bertz CT molecular complexity index is 384. The number of nitrogens with one attached hydrogen (secondary N) is 1. The van der Waals surface area contributed by atoms with Crippen molar-refractivity contribution in [3.05, 3.63) is 28.2 Å². The Kier molecular flexibility index (Phi) is 7.42. The van der Waals surface area contributed by atoms with Gasteiger partial charge in [0, 0.05) is 37.8 Å². The highest BCUT2D eigenvalue weighted by molar-refractivity contribution is 9.10. The number of hydrogen-bond donors (Lipinski definition) is 1. The first kappa shape index (κ1) is 16.5. The third-order valence-electron chi connectivity index (χ3n) is 3.46. The topological polar surface area (TPSA) is 24.5 Å². The number of halogens is 1. The smallest absolute Gasteiger partial charge is 0.0587 e. The van der Waals surface area contributed by atoms with E-state index in [0.717, 1.165) is 30.6 Å². The van der Waals surface area contributed by atoms with Gasteiger partial charge in [-0.1, -0.05) is 13.0 Å². The second-order valence-electron chi connectivity index (χ2n) is 4.82. The van der Waals surface area contributed by atoms with E-state index in [1.54, 1.807) is 7.11 Å². The molecule has 0 aliphatic heterocycles. The van der Waals surface area contributed by atoms with E-state index in [9.17, 15) is 0 Å². The van der Waals surface area contributed by atoms with Crippen LogP contribution in [0.15, 0.2) is 22.7 Å². The third-order valence-corrected chi connectivity index (χ3v) is 4.09. The zero-order valence-electron chi connectivity index (χ0n) is 12.4. The van der Waals surface area contributed by atoms with Crippen LogP contribution in [0, 0.1) is 0 Å². The zero-order chi connectivity index (χ0) is 14.3. The maximum atomic E-state index is 5.01. The first-order valence-electron chi connectivity index (χ1n) is 6.81. The van der Waals surface area contributed by atoms with Crippen LogP contribution < -0.4 is 10.2 Å². The second-order valence-corrected chi connectivity index (χ2v) is 5.68. The lowest BCUT2D eigenvalue weighted by molar-refractivity contribution is 0.199. The highest BCUT2D eigenvalue weighted by atomic mass is 79.9. The van der Waals surface area contributed by atoms with Gasteiger partial charge in [-0.3, -0.25) is 0 Å². The molecule has 0 saturated heterocycles. The quantitative estimate of drug-likeness (QED) is 0.740. The molecule has 0 aliphatic carbocycles. The number of hydrogen-bond acceptors (Lipinski definition) is 3. The summed E-state index contributed by atoms with van der Waals surface area (Å²) in [5, 5.41) is 3.35. The average Bonchev–Trinajstić information content (AvgIpc) is 2.42. The van der Waals surface area contributed by atoms with Gasteiger partial charge in [0.15, 0.2) is 0 Å². The van der Waals surface area contributed by atoms with E-state index >= 15 is 0 Å². The van der Waals surface area contributed by atoms with Gasteiger partial charge in [-0.25, -0.2) is 0 Å². The predicted octanol–water partition coefficient (Wildman–Crippen LogP) is 3.42. The largest absolute Gasteiger partial charge is 0.383 e. The van der Waals surface area contributed by atoms with Crippen LogP contribution >= 0.6 is 15.9 Å². The molecule has 0 bridgehead atoms. The monoisotopic (exact) mass is 328 g/mol. The van der Waals surface area contributed by atoms with Crippen molar-refractivity contribution in [1.29, 1.82) is 0 Å². The van der Waals surface area contributed by atoms with Crippen LogP contribution in [0.25, 0.3) is 0 Å². The van der Waals surface area contributed by atoms with E-state index in [-0.39, 0.29) is 0 Å². The molecule has 0 radical (unpaired) electrons. The van der Waals surface area contributed by atoms with E-state index in [2.05, 4.69) is 65.2 Å². The Hall–Kier alpha value is -0.580. The Morgan fingerprint density at radius 2 is 2.16 bits per heavy atom. The summed E-state index contributed by atoms with van der Waals surface area (Å²) in [5.41, 5.74) is 2.53. The molecule has 108 valence electrons. The van der Waals surface area contributed by atoms with Crippen LogP contribution in [0.5, 0.6) is 0 Å². The molecule has 1 aromatic rings. The van der Waals surface area contributed by atoms with Gasteiger partial charge in [-0.05, 0) is 47.0 Å². The van der Waals surface area contributed by atoms with E-state index in [4.69, 9.17) is 4.74 Å². The van der Waals surface area contributed by atoms with Gasteiger partial charge in [0.2, 0.25) is 0 Å². The summed E-state index contributed by atoms with van der Waals surface area (Å²) >= 11 is 3.67. The Morgan fingerprint density at radius 3 is 2.74 bits per heavy atom. The lowest BCUT2D eigenvalue weighted by atomic mass is 10.1. The summed E-state index contributed by atoms with van der Waals surface area (Å²) in [7, 11) is 3.86.